The van der Waals surface area contributed by atoms with Crippen LogP contribution in [0.1, 0.15) is 30.9 Å². The van der Waals surface area contributed by atoms with Crippen molar-refractivity contribution < 1.29 is 29.6 Å². The number of aliphatic hydroxyl groups is 2. The zero-order valence-electron chi connectivity index (χ0n) is 17.8. The molecule has 3 N–H and O–H groups in total. The zero-order chi connectivity index (χ0) is 22.6. The molecule has 6 nitrogen and oxygen atoms in total. The van der Waals surface area contributed by atoms with Crippen molar-refractivity contribution >= 4 is 35.3 Å². The Bertz CT molecular complexity index is 739. The summed E-state index contributed by atoms with van der Waals surface area (Å²) in [6.07, 6.45) is 3.41. The van der Waals surface area contributed by atoms with Crippen LogP contribution < -0.4 is 0 Å². The summed E-state index contributed by atoms with van der Waals surface area (Å²) in [6.45, 7) is 3.14. The van der Waals surface area contributed by atoms with E-state index >= 15 is 0 Å². The van der Waals surface area contributed by atoms with Crippen LogP contribution in [0.3, 0.4) is 0 Å². The number of aliphatic hydroxyl groups excluding tert-OH is 2. The largest absolute Gasteiger partial charge is 0.481 e. The number of rotatable bonds is 14. The van der Waals surface area contributed by atoms with Gasteiger partial charge in [-0.05, 0) is 36.0 Å². The van der Waals surface area contributed by atoms with Crippen LogP contribution in [0, 0.1) is 5.92 Å². The van der Waals surface area contributed by atoms with Gasteiger partial charge in [0.2, 0.25) is 0 Å². The molecule has 1 aromatic carbocycles. The predicted octanol–water partition coefficient (Wildman–Crippen LogP) is 2.94. The van der Waals surface area contributed by atoms with Gasteiger partial charge in [-0.3, -0.25) is 9.59 Å². The molecule has 1 aliphatic carbocycles. The third-order valence-corrected chi connectivity index (χ3v) is 7.43. The van der Waals surface area contributed by atoms with E-state index < -0.39 is 18.2 Å². The van der Waals surface area contributed by atoms with Gasteiger partial charge in [0.05, 0.1) is 29.8 Å². The molecule has 172 valence electrons. The minimum atomic E-state index is -0.823. The fourth-order valence-electron chi connectivity index (χ4n) is 3.47. The van der Waals surface area contributed by atoms with Crippen molar-refractivity contribution in [3.63, 3.8) is 0 Å². The lowest BCUT2D eigenvalue weighted by Gasteiger charge is -2.17. The summed E-state index contributed by atoms with van der Waals surface area (Å²) in [6, 6.07) is 7.91. The fourth-order valence-corrected chi connectivity index (χ4v) is 5.66. The lowest BCUT2D eigenvalue weighted by atomic mass is 10.0. The molecule has 0 saturated heterocycles. The second-order valence-electron chi connectivity index (χ2n) is 7.52. The monoisotopic (exact) mass is 468 g/mol. The van der Waals surface area contributed by atoms with Crippen molar-refractivity contribution in [1.82, 2.24) is 0 Å². The summed E-state index contributed by atoms with van der Waals surface area (Å²) >= 11 is 2.88. The highest BCUT2D eigenvalue weighted by atomic mass is 32.2. The van der Waals surface area contributed by atoms with Crippen molar-refractivity contribution in [2.24, 2.45) is 5.92 Å². The molecule has 2 rings (SSSR count). The molecule has 1 saturated carbocycles. The maximum Gasteiger partial charge on any atom is 0.313 e. The topological polar surface area (TPSA) is 104 Å². The van der Waals surface area contributed by atoms with Crippen LogP contribution in [-0.2, 0) is 27.4 Å². The van der Waals surface area contributed by atoms with E-state index in [0.717, 1.165) is 29.1 Å². The summed E-state index contributed by atoms with van der Waals surface area (Å²) in [5, 5.41) is 29.1. The molecule has 1 fully saturated rings. The van der Waals surface area contributed by atoms with Crippen molar-refractivity contribution in [3.8, 4) is 0 Å². The smallest absolute Gasteiger partial charge is 0.313 e. The predicted molar refractivity (Wildman–Crippen MR) is 126 cm³/mol. The summed E-state index contributed by atoms with van der Waals surface area (Å²) in [7, 11) is 0. The highest BCUT2D eigenvalue weighted by Gasteiger charge is 2.40. The van der Waals surface area contributed by atoms with Crippen LogP contribution in [0.25, 0.3) is 0 Å². The number of ketones is 1. The van der Waals surface area contributed by atoms with E-state index in [9.17, 15) is 19.8 Å². The normalized spacial score (nSPS) is 22.3. The third kappa shape index (κ3) is 9.37. The summed E-state index contributed by atoms with van der Waals surface area (Å²) in [5.74, 6) is 0.437. The first-order valence-corrected chi connectivity index (χ1v) is 12.7. The highest BCUT2D eigenvalue weighted by Crippen LogP contribution is 2.34. The van der Waals surface area contributed by atoms with E-state index in [1.165, 1.54) is 23.5 Å². The molecule has 0 bridgehead atoms. The van der Waals surface area contributed by atoms with Gasteiger partial charge in [0.15, 0.2) is 0 Å². The lowest BCUT2D eigenvalue weighted by Crippen LogP contribution is -2.22. The number of benzene rings is 1. The second kappa shape index (κ2) is 14.0. The van der Waals surface area contributed by atoms with Gasteiger partial charge in [0.1, 0.15) is 5.78 Å². The number of hydrogen-bond acceptors (Lipinski definition) is 7. The number of carbonyl (C=O) groups excluding carboxylic acids is 1. The van der Waals surface area contributed by atoms with Gasteiger partial charge in [-0.1, -0.05) is 36.4 Å². The molecule has 0 heterocycles. The molecule has 0 radical (unpaired) electrons. The Morgan fingerprint density at radius 2 is 2.10 bits per heavy atom. The molecular formula is C23H32O6S2. The van der Waals surface area contributed by atoms with Crippen LogP contribution in [-0.4, -0.2) is 68.4 Å². The van der Waals surface area contributed by atoms with E-state index in [-0.39, 0.29) is 29.1 Å². The van der Waals surface area contributed by atoms with Crippen LogP contribution >= 0.6 is 23.5 Å². The van der Waals surface area contributed by atoms with Crippen molar-refractivity contribution in [2.45, 2.75) is 50.3 Å². The molecule has 0 aromatic heterocycles. The Morgan fingerprint density at radius 3 is 2.84 bits per heavy atom. The van der Waals surface area contributed by atoms with E-state index in [2.05, 4.69) is 0 Å². The molecule has 8 heteroatoms. The maximum absolute atomic E-state index is 12.3. The number of carbonyl (C=O) groups is 2. The number of hydrogen-bond donors (Lipinski definition) is 3. The van der Waals surface area contributed by atoms with Gasteiger partial charge in [-0.15, -0.1) is 11.8 Å². The van der Waals surface area contributed by atoms with Gasteiger partial charge in [0.25, 0.3) is 0 Å². The minimum Gasteiger partial charge on any atom is -0.481 e. The molecule has 4 atom stereocenters. The molecule has 31 heavy (non-hydrogen) atoms. The first-order valence-electron chi connectivity index (χ1n) is 10.5. The summed E-state index contributed by atoms with van der Waals surface area (Å²) in [4.78, 5) is 22.8. The standard InChI is InChI=1S/C23H32O6S2/c1-2-29-14-17-6-3-5-16(11-17)12-18(24)7-8-19-20(25)13-21(26)23(19)31-10-4-9-30-15-22(27)28/h3,5-8,11,18-20,23-25H,2,4,9-10,12-15H2,1H3,(H,27,28)/t18?,19-,20?,23?/m0/s1. The summed E-state index contributed by atoms with van der Waals surface area (Å²) < 4.78 is 5.43. The van der Waals surface area contributed by atoms with E-state index in [1.54, 1.807) is 12.2 Å². The summed E-state index contributed by atoms with van der Waals surface area (Å²) in [5.41, 5.74) is 2.06. The number of ether oxygens (including phenoxy) is 1. The Balaban J connectivity index is 1.85. The van der Waals surface area contributed by atoms with E-state index in [4.69, 9.17) is 9.84 Å². The van der Waals surface area contributed by atoms with Gasteiger partial charge in [-0.2, -0.15) is 11.8 Å². The molecule has 1 aliphatic rings. The lowest BCUT2D eigenvalue weighted by molar-refractivity contribution is -0.133. The zero-order valence-corrected chi connectivity index (χ0v) is 19.4. The number of thioether (sulfide) groups is 2. The molecule has 0 aliphatic heterocycles. The van der Waals surface area contributed by atoms with Crippen molar-refractivity contribution in [3.05, 3.63) is 47.5 Å². The maximum atomic E-state index is 12.3. The van der Waals surface area contributed by atoms with E-state index in [1.807, 2.05) is 31.2 Å². The Hall–Kier alpha value is -1.32. The van der Waals surface area contributed by atoms with Crippen LogP contribution in [0.2, 0.25) is 0 Å². The number of carboxylic acid groups (broad SMARTS) is 1. The van der Waals surface area contributed by atoms with Crippen molar-refractivity contribution in [2.75, 3.05) is 23.9 Å². The molecular weight excluding hydrogens is 436 g/mol. The first-order chi connectivity index (χ1) is 14.9. The molecule has 3 unspecified atom stereocenters. The van der Waals surface area contributed by atoms with Crippen molar-refractivity contribution in [1.29, 1.82) is 0 Å². The minimum absolute atomic E-state index is 0.0310. The molecule has 0 amide bonds. The van der Waals surface area contributed by atoms with Crippen LogP contribution in [0.5, 0.6) is 0 Å². The molecule has 0 spiro atoms. The second-order valence-corrected chi connectivity index (χ2v) is 9.87. The van der Waals surface area contributed by atoms with Gasteiger partial charge in [0, 0.05) is 25.4 Å². The molecule has 1 aromatic rings. The van der Waals surface area contributed by atoms with Gasteiger partial charge < -0.3 is 20.1 Å². The van der Waals surface area contributed by atoms with Crippen LogP contribution in [0.15, 0.2) is 36.4 Å². The third-order valence-electron chi connectivity index (χ3n) is 4.94. The van der Waals surface area contributed by atoms with Gasteiger partial charge in [-0.25, -0.2) is 0 Å². The Morgan fingerprint density at radius 1 is 1.32 bits per heavy atom. The number of aliphatic carboxylic acids is 1. The average Bonchev–Trinajstić information content (AvgIpc) is 2.99. The Kier molecular flexibility index (Phi) is 11.7. The number of Topliss-reactive ketones (excluding diaryl/α,β-unsaturated/α-hetero) is 1. The first kappa shape index (κ1) is 25.9. The highest BCUT2D eigenvalue weighted by molar-refractivity contribution is 8.01. The van der Waals surface area contributed by atoms with Gasteiger partial charge >= 0.3 is 5.97 Å². The van der Waals surface area contributed by atoms with E-state index in [0.29, 0.717) is 19.6 Å². The Labute approximate surface area is 192 Å². The number of carboxylic acids is 1. The quantitative estimate of drug-likeness (QED) is 0.283. The van der Waals surface area contributed by atoms with Crippen LogP contribution in [0.4, 0.5) is 0 Å². The fraction of sp³-hybridized carbons (Fsp3) is 0.565. The SMILES string of the molecule is CCOCc1cccc(CC(O)C=C[C@H]2C(O)CC(=O)C2SCCCSCC(=O)O)c1. The average molecular weight is 469 g/mol.